The topological polar surface area (TPSA) is 186 Å². The Morgan fingerprint density at radius 2 is 1.76 bits per heavy atom. The average molecular weight is 790 g/mol. The fourth-order valence-corrected chi connectivity index (χ4v) is 9.58. The molecule has 304 valence electrons. The minimum absolute atomic E-state index is 0.0703. The van der Waals surface area contributed by atoms with E-state index in [1.807, 2.05) is 36.2 Å². The van der Waals surface area contributed by atoms with Crippen molar-refractivity contribution in [2.24, 2.45) is 11.7 Å². The van der Waals surface area contributed by atoms with Gasteiger partial charge in [-0.15, -0.1) is 0 Å². The lowest BCUT2D eigenvalue weighted by Gasteiger charge is -2.37. The number of benzene rings is 2. The summed E-state index contributed by atoms with van der Waals surface area (Å²) in [7, 11) is 1.84. The van der Waals surface area contributed by atoms with Gasteiger partial charge in [0, 0.05) is 82.1 Å². The average Bonchev–Trinajstić information content (AvgIpc) is 3.97. The van der Waals surface area contributed by atoms with Crippen LogP contribution < -0.4 is 26.2 Å². The SMILES string of the molecule is CN1CCN([C@@H]2CCCN(c3cnc(C(N)=O)c(Nc4ccc(C5CCN(C[C@H]6CCN(c7ccc8c(C9CCC(=O)NC9=O)noc8c7)C6)CC5)cc4)n3)C2)C1=O. The maximum Gasteiger partial charge on any atom is 0.320 e. The molecule has 16 nitrogen and oxygen atoms in total. The van der Waals surface area contributed by atoms with Crippen molar-refractivity contribution in [2.75, 3.05) is 81.1 Å². The van der Waals surface area contributed by atoms with Crippen molar-refractivity contribution in [3.8, 4) is 0 Å². The number of likely N-dealkylation sites (N-methyl/N-ethyl adjacent to an activating group) is 1. The highest BCUT2D eigenvalue weighted by Crippen LogP contribution is 2.35. The predicted molar refractivity (Wildman–Crippen MR) is 218 cm³/mol. The first-order chi connectivity index (χ1) is 28.2. The number of likely N-dealkylation sites (tertiary alicyclic amines) is 1. The van der Waals surface area contributed by atoms with Crippen LogP contribution in [-0.4, -0.2) is 126 Å². The van der Waals surface area contributed by atoms with Crippen molar-refractivity contribution >= 4 is 57.7 Å². The van der Waals surface area contributed by atoms with Gasteiger partial charge in [-0.1, -0.05) is 17.3 Å². The number of piperidine rings is 3. The fourth-order valence-electron chi connectivity index (χ4n) is 9.58. The van der Waals surface area contributed by atoms with Crippen LogP contribution in [0, 0.1) is 5.92 Å². The zero-order valence-corrected chi connectivity index (χ0v) is 32.9. The second-order valence-corrected chi connectivity index (χ2v) is 16.6. The molecule has 7 heterocycles. The van der Waals surface area contributed by atoms with Gasteiger partial charge in [0.25, 0.3) is 5.91 Å². The van der Waals surface area contributed by atoms with E-state index in [0.29, 0.717) is 54.1 Å². The molecule has 5 fully saturated rings. The molecule has 0 radical (unpaired) electrons. The molecule has 5 amide bonds. The Bertz CT molecular complexity index is 2200. The molecule has 1 unspecified atom stereocenters. The number of aromatic nitrogens is 3. The van der Waals surface area contributed by atoms with Gasteiger partial charge in [-0.25, -0.2) is 14.8 Å². The number of hydrogen-bond donors (Lipinski definition) is 3. The van der Waals surface area contributed by atoms with E-state index in [-0.39, 0.29) is 29.6 Å². The van der Waals surface area contributed by atoms with Crippen LogP contribution in [0.1, 0.15) is 78.5 Å². The van der Waals surface area contributed by atoms with Gasteiger partial charge < -0.3 is 40.1 Å². The summed E-state index contributed by atoms with van der Waals surface area (Å²) in [5.41, 5.74) is 10.3. The molecule has 0 spiro atoms. The minimum atomic E-state index is -0.646. The van der Waals surface area contributed by atoms with E-state index in [4.69, 9.17) is 15.2 Å². The summed E-state index contributed by atoms with van der Waals surface area (Å²) in [5, 5.41) is 10.8. The fraction of sp³-hybridized carbons (Fsp3) is 0.500. The summed E-state index contributed by atoms with van der Waals surface area (Å²) in [4.78, 5) is 69.2. The third-order valence-electron chi connectivity index (χ3n) is 12.9. The van der Waals surface area contributed by atoms with Crippen molar-refractivity contribution < 1.29 is 23.7 Å². The second kappa shape index (κ2) is 15.9. The predicted octanol–water partition coefficient (Wildman–Crippen LogP) is 4.02. The molecule has 0 bridgehead atoms. The van der Waals surface area contributed by atoms with Crippen LogP contribution in [0.4, 0.5) is 27.8 Å². The monoisotopic (exact) mass is 789 g/mol. The van der Waals surface area contributed by atoms with Crippen molar-refractivity contribution in [1.29, 1.82) is 0 Å². The summed E-state index contributed by atoms with van der Waals surface area (Å²) >= 11 is 0. The molecule has 4 N–H and O–H groups in total. The zero-order valence-electron chi connectivity index (χ0n) is 32.9. The molecular weight excluding hydrogens is 739 g/mol. The molecule has 3 atom stereocenters. The Morgan fingerprint density at radius 1 is 0.931 bits per heavy atom. The third-order valence-corrected chi connectivity index (χ3v) is 12.9. The maximum absolute atomic E-state index is 12.7. The van der Waals surface area contributed by atoms with E-state index in [0.717, 1.165) is 101 Å². The second-order valence-electron chi connectivity index (χ2n) is 16.6. The first kappa shape index (κ1) is 37.8. The number of imide groups is 1. The van der Waals surface area contributed by atoms with E-state index in [1.165, 1.54) is 5.56 Å². The number of carbonyl (C=O) groups excluding carboxylic acids is 4. The number of primary amides is 1. The maximum atomic E-state index is 12.7. The summed E-state index contributed by atoms with van der Waals surface area (Å²) in [6.07, 6.45) is 7.55. The molecular formula is C42H51N11O5. The lowest BCUT2D eigenvalue weighted by Crippen LogP contribution is -2.49. The molecule has 5 aliphatic heterocycles. The zero-order chi connectivity index (χ0) is 39.9. The molecule has 5 aliphatic rings. The molecule has 4 aromatic rings. The van der Waals surface area contributed by atoms with Gasteiger partial charge in [-0.2, -0.15) is 0 Å². The number of nitrogens with one attached hydrogen (secondary N) is 2. The molecule has 16 heteroatoms. The summed E-state index contributed by atoms with van der Waals surface area (Å²) in [5.74, 6) is 0.365. The van der Waals surface area contributed by atoms with Gasteiger partial charge in [0.2, 0.25) is 11.8 Å². The van der Waals surface area contributed by atoms with Gasteiger partial charge >= 0.3 is 6.03 Å². The number of rotatable bonds is 10. The first-order valence-corrected chi connectivity index (χ1v) is 20.7. The first-order valence-electron chi connectivity index (χ1n) is 20.7. The Kier molecular flexibility index (Phi) is 10.3. The van der Waals surface area contributed by atoms with Crippen LogP contribution in [0.5, 0.6) is 0 Å². The normalized spacial score (nSPS) is 23.6. The van der Waals surface area contributed by atoms with Gasteiger partial charge in [-0.3, -0.25) is 19.7 Å². The summed E-state index contributed by atoms with van der Waals surface area (Å²) < 4.78 is 5.68. The Morgan fingerprint density at radius 3 is 2.52 bits per heavy atom. The molecule has 2 aromatic heterocycles. The van der Waals surface area contributed by atoms with Gasteiger partial charge in [0.15, 0.2) is 17.1 Å². The largest absolute Gasteiger partial charge is 0.371 e. The van der Waals surface area contributed by atoms with Crippen LogP contribution in [0.2, 0.25) is 0 Å². The number of fused-ring (bicyclic) bond motifs is 1. The smallest absolute Gasteiger partial charge is 0.320 e. The molecule has 0 aliphatic carbocycles. The van der Waals surface area contributed by atoms with Crippen molar-refractivity contribution in [3.05, 3.63) is 65.6 Å². The Labute approximate surface area is 337 Å². The molecule has 0 saturated carbocycles. The minimum Gasteiger partial charge on any atom is -0.371 e. The number of nitrogens with zero attached hydrogens (tertiary/aromatic N) is 8. The number of amides is 5. The van der Waals surface area contributed by atoms with Crippen LogP contribution in [0.15, 0.2) is 53.2 Å². The van der Waals surface area contributed by atoms with Gasteiger partial charge in [-0.05, 0) is 93.3 Å². The van der Waals surface area contributed by atoms with Crippen LogP contribution in [0.3, 0.4) is 0 Å². The highest BCUT2D eigenvalue weighted by Gasteiger charge is 2.36. The van der Waals surface area contributed by atoms with E-state index >= 15 is 0 Å². The van der Waals surface area contributed by atoms with Crippen molar-refractivity contribution in [1.82, 2.24) is 35.1 Å². The summed E-state index contributed by atoms with van der Waals surface area (Å²) in [6.45, 7) is 8.07. The molecule has 9 rings (SSSR count). The number of anilines is 4. The lowest BCUT2D eigenvalue weighted by molar-refractivity contribution is -0.134. The van der Waals surface area contributed by atoms with Crippen LogP contribution in [-0.2, 0) is 9.59 Å². The Hall–Kier alpha value is -5.77. The number of urea groups is 1. The highest BCUT2D eigenvalue weighted by molar-refractivity contribution is 6.02. The van der Waals surface area contributed by atoms with Crippen LogP contribution in [0.25, 0.3) is 11.0 Å². The van der Waals surface area contributed by atoms with E-state index < -0.39 is 11.8 Å². The number of hydrogen-bond acceptors (Lipinski definition) is 12. The van der Waals surface area contributed by atoms with Gasteiger partial charge in [0.1, 0.15) is 11.5 Å². The number of carbonyl (C=O) groups is 4. The quantitative estimate of drug-likeness (QED) is 0.196. The Balaban J connectivity index is 0.772. The number of nitrogens with two attached hydrogens (primary N) is 1. The molecule has 58 heavy (non-hydrogen) atoms. The standard InChI is InChI=1S/C42H51N11O5/c1-49-19-20-53(42(49)57)31-3-2-15-52(25-31)35-22-44-38(39(43)55)40(46-35)45-29-6-4-27(5-7-29)28-13-16-50(17-14-28)23-26-12-18-51(24-26)30-8-9-32-34(21-30)58-48-37(32)33-10-11-36(54)47-41(33)56/h4-9,21-22,26,28,31,33H,2-3,10-20,23-25H2,1H3,(H2,43,55)(H,45,46)(H,47,54,56)/t26-,31-,33?/m1/s1. The lowest BCUT2D eigenvalue weighted by atomic mass is 9.89. The van der Waals surface area contributed by atoms with Gasteiger partial charge in [0.05, 0.1) is 18.2 Å². The van der Waals surface area contributed by atoms with Crippen LogP contribution >= 0.6 is 0 Å². The molecule has 2 aromatic carbocycles. The van der Waals surface area contributed by atoms with E-state index in [9.17, 15) is 19.2 Å². The third kappa shape index (κ3) is 7.64. The van der Waals surface area contributed by atoms with E-state index in [1.54, 1.807) is 11.1 Å². The highest BCUT2D eigenvalue weighted by atomic mass is 16.5. The summed E-state index contributed by atoms with van der Waals surface area (Å²) in [6, 6.07) is 14.7. The van der Waals surface area contributed by atoms with Crippen molar-refractivity contribution in [3.63, 3.8) is 0 Å². The molecule has 5 saturated heterocycles. The van der Waals surface area contributed by atoms with Crippen molar-refractivity contribution in [2.45, 2.75) is 62.8 Å². The van der Waals surface area contributed by atoms with E-state index in [2.05, 4.69) is 53.7 Å².